The van der Waals surface area contributed by atoms with E-state index in [1.807, 2.05) is 6.07 Å². The van der Waals surface area contributed by atoms with E-state index in [-0.39, 0.29) is 0 Å². The van der Waals surface area contributed by atoms with Crippen LogP contribution in [-0.2, 0) is 6.42 Å². The predicted molar refractivity (Wildman–Crippen MR) is 74.5 cm³/mol. The van der Waals surface area contributed by atoms with E-state index in [4.69, 9.17) is 9.47 Å². The molecule has 3 nitrogen and oxygen atoms in total. The Morgan fingerprint density at radius 1 is 1.22 bits per heavy atom. The Kier molecular flexibility index (Phi) is 3.75. The monoisotopic (exact) mass is 311 g/mol. The zero-order valence-electron chi connectivity index (χ0n) is 10.4. The summed E-state index contributed by atoms with van der Waals surface area (Å²) in [6.07, 6.45) is 4.96. The lowest BCUT2D eigenvalue weighted by Gasteiger charge is -2.25. The molecule has 0 aliphatic carbocycles. The molecule has 0 amide bonds. The molecular formula is C14H18BrNO2. The molecule has 0 spiro atoms. The molecule has 2 heterocycles. The van der Waals surface area contributed by atoms with Gasteiger partial charge in [-0.25, -0.2) is 0 Å². The summed E-state index contributed by atoms with van der Waals surface area (Å²) >= 11 is 3.66. The molecule has 0 aromatic heterocycles. The summed E-state index contributed by atoms with van der Waals surface area (Å²) in [6, 6.07) is 4.77. The number of fused-ring (bicyclic) bond motifs is 1. The molecule has 18 heavy (non-hydrogen) atoms. The molecule has 1 fully saturated rings. The fourth-order valence-electron chi connectivity index (χ4n) is 2.64. The highest BCUT2D eigenvalue weighted by Gasteiger charge is 2.20. The molecule has 4 heteroatoms. The van der Waals surface area contributed by atoms with Gasteiger partial charge in [-0.3, -0.25) is 0 Å². The molecule has 1 aromatic rings. The zero-order valence-corrected chi connectivity index (χ0v) is 12.0. The van der Waals surface area contributed by atoms with Crippen molar-refractivity contribution in [3.05, 3.63) is 22.2 Å². The zero-order chi connectivity index (χ0) is 12.4. The van der Waals surface area contributed by atoms with Crippen LogP contribution >= 0.6 is 15.9 Å². The highest BCUT2D eigenvalue weighted by atomic mass is 79.9. The predicted octanol–water partition coefficient (Wildman–Crippen LogP) is 2.90. The number of piperidine rings is 1. The van der Waals surface area contributed by atoms with Gasteiger partial charge >= 0.3 is 0 Å². The molecule has 1 aromatic carbocycles. The minimum Gasteiger partial charge on any atom is -0.486 e. The van der Waals surface area contributed by atoms with Gasteiger partial charge in [0.05, 0.1) is 4.47 Å². The van der Waals surface area contributed by atoms with Crippen LogP contribution in [0, 0.1) is 0 Å². The van der Waals surface area contributed by atoms with Crippen LogP contribution in [0.5, 0.6) is 11.5 Å². The molecule has 2 aliphatic rings. The molecule has 3 rings (SSSR count). The van der Waals surface area contributed by atoms with Crippen molar-refractivity contribution in [1.29, 1.82) is 0 Å². The van der Waals surface area contributed by atoms with Gasteiger partial charge < -0.3 is 14.8 Å². The standard InChI is InChI=1S/C14H18BrNO2/c15-13-10(9-11-3-1-2-6-16-11)4-5-12-14(13)18-8-7-17-12/h4-5,11,16H,1-3,6-9H2. The minimum absolute atomic E-state index is 0.595. The van der Waals surface area contributed by atoms with Crippen molar-refractivity contribution in [2.24, 2.45) is 0 Å². The molecule has 0 bridgehead atoms. The Bertz CT molecular complexity index is 430. The van der Waals surface area contributed by atoms with Gasteiger partial charge in [0.25, 0.3) is 0 Å². The number of benzene rings is 1. The first-order chi connectivity index (χ1) is 8.84. The third-order valence-corrected chi connectivity index (χ3v) is 4.48. The Balaban J connectivity index is 1.79. The first-order valence-corrected chi connectivity index (χ1v) is 7.44. The number of halogens is 1. The van der Waals surface area contributed by atoms with Crippen LogP contribution in [0.4, 0.5) is 0 Å². The maximum atomic E-state index is 5.69. The molecule has 1 saturated heterocycles. The largest absolute Gasteiger partial charge is 0.486 e. The van der Waals surface area contributed by atoms with Gasteiger partial charge in [-0.1, -0.05) is 12.5 Å². The summed E-state index contributed by atoms with van der Waals surface area (Å²) in [5.41, 5.74) is 1.30. The van der Waals surface area contributed by atoms with Crippen LogP contribution in [0.1, 0.15) is 24.8 Å². The maximum Gasteiger partial charge on any atom is 0.175 e. The Hall–Kier alpha value is -0.740. The van der Waals surface area contributed by atoms with Crippen molar-refractivity contribution in [3.8, 4) is 11.5 Å². The van der Waals surface area contributed by atoms with Crippen LogP contribution in [0.15, 0.2) is 16.6 Å². The van der Waals surface area contributed by atoms with E-state index >= 15 is 0 Å². The maximum absolute atomic E-state index is 5.69. The summed E-state index contributed by atoms with van der Waals surface area (Å²) in [5.74, 6) is 1.73. The number of nitrogens with one attached hydrogen (secondary N) is 1. The normalized spacial score (nSPS) is 22.8. The Morgan fingerprint density at radius 2 is 2.11 bits per heavy atom. The smallest absolute Gasteiger partial charge is 0.175 e. The van der Waals surface area contributed by atoms with E-state index in [9.17, 15) is 0 Å². The van der Waals surface area contributed by atoms with Gasteiger partial charge in [0.2, 0.25) is 0 Å². The summed E-state index contributed by atoms with van der Waals surface area (Å²) in [6.45, 7) is 2.42. The van der Waals surface area contributed by atoms with Crippen molar-refractivity contribution >= 4 is 15.9 Å². The number of hydrogen-bond donors (Lipinski definition) is 1. The van der Waals surface area contributed by atoms with E-state index in [1.165, 1.54) is 24.8 Å². The van der Waals surface area contributed by atoms with Crippen LogP contribution in [-0.4, -0.2) is 25.8 Å². The van der Waals surface area contributed by atoms with Gasteiger partial charge in [-0.2, -0.15) is 0 Å². The molecule has 2 aliphatic heterocycles. The number of hydrogen-bond acceptors (Lipinski definition) is 3. The van der Waals surface area contributed by atoms with E-state index in [1.54, 1.807) is 0 Å². The van der Waals surface area contributed by atoms with Crippen molar-refractivity contribution < 1.29 is 9.47 Å². The first-order valence-electron chi connectivity index (χ1n) is 6.65. The SMILES string of the molecule is Brc1c(CC2CCCCN2)ccc2c1OCCO2. The second-order valence-electron chi connectivity index (χ2n) is 4.91. The molecule has 1 atom stereocenters. The minimum atomic E-state index is 0.595. The summed E-state index contributed by atoms with van der Waals surface area (Å²) in [5, 5.41) is 3.58. The van der Waals surface area contributed by atoms with E-state index in [0.29, 0.717) is 19.3 Å². The summed E-state index contributed by atoms with van der Waals surface area (Å²) < 4.78 is 12.3. The average molecular weight is 312 g/mol. The third kappa shape index (κ3) is 2.50. The van der Waals surface area contributed by atoms with Crippen LogP contribution in [0.2, 0.25) is 0 Å². The first kappa shape index (κ1) is 12.3. The van der Waals surface area contributed by atoms with Crippen LogP contribution in [0.3, 0.4) is 0 Å². The third-order valence-electron chi connectivity index (χ3n) is 3.61. The highest BCUT2D eigenvalue weighted by Crippen LogP contribution is 2.40. The highest BCUT2D eigenvalue weighted by molar-refractivity contribution is 9.10. The molecule has 98 valence electrons. The molecular weight excluding hydrogens is 294 g/mol. The molecule has 0 saturated carbocycles. The quantitative estimate of drug-likeness (QED) is 0.911. The second kappa shape index (κ2) is 5.49. The van der Waals surface area contributed by atoms with Crippen molar-refractivity contribution in [1.82, 2.24) is 5.32 Å². The average Bonchev–Trinajstić information content (AvgIpc) is 2.43. The van der Waals surface area contributed by atoms with E-state index in [0.717, 1.165) is 28.9 Å². The van der Waals surface area contributed by atoms with Crippen molar-refractivity contribution in [2.45, 2.75) is 31.7 Å². The van der Waals surface area contributed by atoms with Crippen molar-refractivity contribution in [3.63, 3.8) is 0 Å². The number of rotatable bonds is 2. The lowest BCUT2D eigenvalue weighted by Crippen LogP contribution is -2.35. The van der Waals surface area contributed by atoms with E-state index in [2.05, 4.69) is 27.3 Å². The Morgan fingerprint density at radius 3 is 2.94 bits per heavy atom. The van der Waals surface area contributed by atoms with Crippen LogP contribution in [0.25, 0.3) is 0 Å². The Labute approximate surface area is 116 Å². The van der Waals surface area contributed by atoms with Gasteiger partial charge in [0, 0.05) is 6.04 Å². The van der Waals surface area contributed by atoms with Gasteiger partial charge in [-0.05, 0) is 53.4 Å². The molecule has 1 unspecified atom stereocenters. The fourth-order valence-corrected chi connectivity index (χ4v) is 3.25. The molecule has 1 N–H and O–H groups in total. The lowest BCUT2D eigenvalue weighted by atomic mass is 9.97. The lowest BCUT2D eigenvalue weighted by molar-refractivity contribution is 0.170. The van der Waals surface area contributed by atoms with Crippen LogP contribution < -0.4 is 14.8 Å². The number of ether oxygens (including phenoxy) is 2. The van der Waals surface area contributed by atoms with E-state index < -0.39 is 0 Å². The van der Waals surface area contributed by atoms with Gasteiger partial charge in [0.15, 0.2) is 11.5 Å². The second-order valence-corrected chi connectivity index (χ2v) is 5.71. The summed E-state index contributed by atoms with van der Waals surface area (Å²) in [7, 11) is 0. The van der Waals surface area contributed by atoms with Crippen molar-refractivity contribution in [2.75, 3.05) is 19.8 Å². The summed E-state index contributed by atoms with van der Waals surface area (Å²) in [4.78, 5) is 0. The van der Waals surface area contributed by atoms with Gasteiger partial charge in [-0.15, -0.1) is 0 Å². The molecule has 0 radical (unpaired) electrons. The fraction of sp³-hybridized carbons (Fsp3) is 0.571. The topological polar surface area (TPSA) is 30.5 Å². The van der Waals surface area contributed by atoms with Gasteiger partial charge in [0.1, 0.15) is 13.2 Å².